The summed E-state index contributed by atoms with van der Waals surface area (Å²) in [5.41, 5.74) is 3.48. The number of anilines is 1. The zero-order chi connectivity index (χ0) is 27.0. The number of hydrogen-bond acceptors (Lipinski definition) is 6. The van der Waals surface area contributed by atoms with E-state index in [1.165, 1.54) is 15.6 Å². The molecule has 0 aliphatic carbocycles. The molecule has 0 bridgehead atoms. The van der Waals surface area contributed by atoms with Crippen LogP contribution in [0.5, 0.6) is 0 Å². The number of aromatic nitrogens is 1. The fourth-order valence-corrected chi connectivity index (χ4v) is 7.01. The summed E-state index contributed by atoms with van der Waals surface area (Å²) in [5, 5.41) is 2.54. The second-order valence-electron chi connectivity index (χ2n) is 9.67. The molecule has 198 valence electrons. The first-order valence-corrected chi connectivity index (χ1v) is 15.0. The van der Waals surface area contributed by atoms with Crippen molar-refractivity contribution in [3.8, 4) is 0 Å². The van der Waals surface area contributed by atoms with Gasteiger partial charge in [0.25, 0.3) is 5.91 Å². The number of ether oxygens (including phenoxy) is 1. The van der Waals surface area contributed by atoms with Gasteiger partial charge in [0.1, 0.15) is 5.01 Å². The van der Waals surface area contributed by atoms with E-state index in [2.05, 4.69) is 4.98 Å². The van der Waals surface area contributed by atoms with Gasteiger partial charge in [-0.05, 0) is 35.4 Å². The van der Waals surface area contributed by atoms with Crippen molar-refractivity contribution in [1.29, 1.82) is 0 Å². The van der Waals surface area contributed by atoms with Crippen LogP contribution in [0.2, 0.25) is 0 Å². The van der Waals surface area contributed by atoms with Crippen LogP contribution in [0.3, 0.4) is 0 Å². The molecule has 39 heavy (non-hydrogen) atoms. The van der Waals surface area contributed by atoms with E-state index in [1.54, 1.807) is 42.4 Å². The summed E-state index contributed by atoms with van der Waals surface area (Å²) in [5.74, 6) is 0.106. The van der Waals surface area contributed by atoms with Crippen LogP contribution >= 0.6 is 11.3 Å². The Morgan fingerprint density at radius 1 is 1.05 bits per heavy atom. The van der Waals surface area contributed by atoms with E-state index in [1.807, 2.05) is 66.0 Å². The highest BCUT2D eigenvalue weighted by atomic mass is 32.2. The number of carbonyl (C=O) groups is 1. The Hall–Kier alpha value is -3.63. The molecular formula is C30H27N3O4S2. The molecule has 4 aromatic rings. The minimum absolute atomic E-state index is 0.132. The van der Waals surface area contributed by atoms with Crippen molar-refractivity contribution in [2.75, 3.05) is 31.7 Å². The molecule has 3 aromatic carbocycles. The van der Waals surface area contributed by atoms with Crippen molar-refractivity contribution < 1.29 is 17.9 Å². The highest BCUT2D eigenvalue weighted by molar-refractivity contribution is 7.89. The summed E-state index contributed by atoms with van der Waals surface area (Å²) >= 11 is 1.43. The number of sulfonamides is 1. The number of carbonyl (C=O) groups excluding carboxylic acids is 1. The Bertz CT molecular complexity index is 1580. The summed E-state index contributed by atoms with van der Waals surface area (Å²) in [4.78, 5) is 19.8. The number of thiazole rings is 1. The Morgan fingerprint density at radius 3 is 2.28 bits per heavy atom. The van der Waals surface area contributed by atoms with Crippen LogP contribution in [0, 0.1) is 5.92 Å². The monoisotopic (exact) mass is 557 g/mol. The van der Waals surface area contributed by atoms with Crippen molar-refractivity contribution >= 4 is 44.6 Å². The van der Waals surface area contributed by atoms with Crippen molar-refractivity contribution in [2.45, 2.75) is 10.9 Å². The molecule has 0 unspecified atom stereocenters. The molecule has 0 atom stereocenters. The lowest BCUT2D eigenvalue weighted by atomic mass is 9.99. The highest BCUT2D eigenvalue weighted by Crippen LogP contribution is 2.41. The quantitative estimate of drug-likeness (QED) is 0.282. The maximum Gasteiger partial charge on any atom is 0.259 e. The van der Waals surface area contributed by atoms with Gasteiger partial charge >= 0.3 is 0 Å². The first-order valence-electron chi connectivity index (χ1n) is 12.7. The maximum atomic E-state index is 14.1. The van der Waals surface area contributed by atoms with Gasteiger partial charge in [-0.3, -0.25) is 4.79 Å². The lowest BCUT2D eigenvalue weighted by Crippen LogP contribution is -2.40. The van der Waals surface area contributed by atoms with Gasteiger partial charge in [0.2, 0.25) is 10.0 Å². The molecular weight excluding hydrogens is 530 g/mol. The van der Waals surface area contributed by atoms with Crippen molar-refractivity contribution in [3.05, 3.63) is 112 Å². The Balaban J connectivity index is 1.42. The van der Waals surface area contributed by atoms with Gasteiger partial charge in [-0.25, -0.2) is 13.4 Å². The van der Waals surface area contributed by atoms with E-state index in [9.17, 15) is 13.2 Å². The molecule has 0 radical (unpaired) electrons. The van der Waals surface area contributed by atoms with E-state index < -0.39 is 16.1 Å². The molecule has 1 aromatic heterocycles. The van der Waals surface area contributed by atoms with Crippen LogP contribution in [0.25, 0.3) is 11.6 Å². The van der Waals surface area contributed by atoms with Crippen LogP contribution in [0.4, 0.5) is 5.69 Å². The third kappa shape index (κ3) is 4.83. The van der Waals surface area contributed by atoms with E-state index in [4.69, 9.17) is 4.74 Å². The van der Waals surface area contributed by atoms with E-state index in [0.29, 0.717) is 41.6 Å². The first-order chi connectivity index (χ1) is 18.9. The summed E-state index contributed by atoms with van der Waals surface area (Å²) in [6.45, 7) is 1.75. The predicted octanol–water partition coefficient (Wildman–Crippen LogP) is 5.09. The normalized spacial score (nSPS) is 16.7. The van der Waals surface area contributed by atoms with Crippen LogP contribution < -0.4 is 4.90 Å². The standard InChI is InChI=1S/C30H27N3O4S2/c1-32(29(22-8-4-2-5-9-22)23-10-6-3-7-11-23)39(35,36)24-12-13-27-25(16-24)26(17-28-31-14-15-38-28)30(34)33(27)18-21-19-37-20-21/h2-17,21,29H,18-20H2,1H3/b26-17+. The predicted molar refractivity (Wildman–Crippen MR) is 153 cm³/mol. The number of amides is 1. The van der Waals surface area contributed by atoms with Crippen molar-refractivity contribution in [1.82, 2.24) is 9.29 Å². The molecule has 0 N–H and O–H groups in total. The Morgan fingerprint density at radius 2 is 1.72 bits per heavy atom. The fraction of sp³-hybridized carbons (Fsp3) is 0.200. The highest BCUT2D eigenvalue weighted by Gasteiger charge is 2.38. The smallest absolute Gasteiger partial charge is 0.259 e. The number of benzene rings is 3. The maximum absolute atomic E-state index is 14.1. The number of fused-ring (bicyclic) bond motifs is 1. The van der Waals surface area contributed by atoms with E-state index in [-0.39, 0.29) is 16.7 Å². The zero-order valence-corrected chi connectivity index (χ0v) is 22.9. The van der Waals surface area contributed by atoms with Gasteiger partial charge < -0.3 is 9.64 Å². The third-order valence-corrected chi connectivity index (χ3v) is 9.70. The topological polar surface area (TPSA) is 79.8 Å². The first kappa shape index (κ1) is 25.6. The molecule has 1 saturated heterocycles. The largest absolute Gasteiger partial charge is 0.381 e. The van der Waals surface area contributed by atoms with E-state index in [0.717, 1.165) is 11.1 Å². The molecule has 2 aliphatic rings. The van der Waals surface area contributed by atoms with Gasteiger partial charge in [0.15, 0.2) is 0 Å². The molecule has 0 saturated carbocycles. The van der Waals surface area contributed by atoms with Crippen molar-refractivity contribution in [2.24, 2.45) is 5.92 Å². The number of nitrogens with zero attached hydrogens (tertiary/aromatic N) is 3. The Kier molecular flexibility index (Phi) is 6.90. The third-order valence-electron chi connectivity index (χ3n) is 7.16. The molecule has 1 amide bonds. The average Bonchev–Trinajstić information content (AvgIpc) is 3.54. The second-order valence-corrected chi connectivity index (χ2v) is 12.6. The lowest BCUT2D eigenvalue weighted by molar-refractivity contribution is -0.113. The van der Waals surface area contributed by atoms with Gasteiger partial charge in [-0.1, -0.05) is 60.7 Å². The van der Waals surface area contributed by atoms with Gasteiger partial charge in [-0.2, -0.15) is 4.31 Å². The van der Waals surface area contributed by atoms with E-state index >= 15 is 0 Å². The Labute approximate surface area is 232 Å². The van der Waals surface area contributed by atoms with Crippen molar-refractivity contribution in [3.63, 3.8) is 0 Å². The molecule has 0 spiro atoms. The van der Waals surface area contributed by atoms with Gasteiger partial charge in [0.05, 0.1) is 35.4 Å². The number of rotatable bonds is 8. The SMILES string of the molecule is CN(C(c1ccccc1)c1ccccc1)S(=O)(=O)c1ccc2c(c1)/C(=C\c1nccs1)C(=O)N2CC1COC1. The average molecular weight is 558 g/mol. The molecule has 6 rings (SSSR count). The summed E-state index contributed by atoms with van der Waals surface area (Å²) in [6.07, 6.45) is 3.43. The van der Waals surface area contributed by atoms with Crippen LogP contribution in [-0.2, 0) is 19.6 Å². The number of hydrogen-bond donors (Lipinski definition) is 0. The summed E-state index contributed by atoms with van der Waals surface area (Å²) in [6, 6.07) is 23.6. The molecule has 1 fully saturated rings. The minimum Gasteiger partial charge on any atom is -0.381 e. The lowest BCUT2D eigenvalue weighted by Gasteiger charge is -2.30. The van der Waals surface area contributed by atoms with Gasteiger partial charge in [-0.15, -0.1) is 11.3 Å². The molecule has 7 nitrogen and oxygen atoms in total. The zero-order valence-electron chi connectivity index (χ0n) is 21.3. The summed E-state index contributed by atoms with van der Waals surface area (Å²) < 4.78 is 35.0. The summed E-state index contributed by atoms with van der Waals surface area (Å²) in [7, 11) is -2.34. The molecule has 3 heterocycles. The van der Waals surface area contributed by atoms with Gasteiger partial charge in [0, 0.05) is 36.7 Å². The van der Waals surface area contributed by atoms with Crippen LogP contribution in [-0.4, -0.2) is 50.4 Å². The minimum atomic E-state index is -3.95. The second kappa shape index (κ2) is 10.5. The van der Waals surface area contributed by atoms with Crippen LogP contribution in [0.1, 0.15) is 27.7 Å². The van der Waals surface area contributed by atoms with Crippen LogP contribution in [0.15, 0.2) is 95.3 Å². The fourth-order valence-electron chi connectivity index (χ4n) is 5.08. The molecule has 9 heteroatoms. The molecule has 2 aliphatic heterocycles.